The van der Waals surface area contributed by atoms with Gasteiger partial charge in [0.25, 0.3) is 0 Å². The first-order chi connectivity index (χ1) is 18.4. The minimum absolute atomic E-state index is 0.376. The number of rotatable bonds is 32. The van der Waals surface area contributed by atoms with Gasteiger partial charge < -0.3 is 5.11 Å². The maximum absolute atomic E-state index is 8.81. The van der Waals surface area contributed by atoms with Gasteiger partial charge in [-0.2, -0.15) is 0 Å². The van der Waals surface area contributed by atoms with Crippen molar-refractivity contribution < 1.29 is 5.11 Å². The second-order valence-corrected chi connectivity index (χ2v) is 12.9. The molecule has 1 fully saturated rings. The molecule has 1 heteroatoms. The SMILES string of the molecule is CCCCCCCCCCCCCCCCC(CCCCCCCCCCCCCCCCO)C1CC1. The van der Waals surface area contributed by atoms with Gasteiger partial charge in [-0.3, -0.25) is 0 Å². The van der Waals surface area contributed by atoms with Crippen LogP contribution in [0, 0.1) is 11.8 Å². The Hall–Kier alpha value is -0.0400. The summed E-state index contributed by atoms with van der Waals surface area (Å²) in [5.41, 5.74) is 0. The summed E-state index contributed by atoms with van der Waals surface area (Å²) in [4.78, 5) is 0. The third-order valence-corrected chi connectivity index (χ3v) is 9.20. The van der Waals surface area contributed by atoms with Crippen LogP contribution in [0.5, 0.6) is 0 Å². The third-order valence-electron chi connectivity index (χ3n) is 9.20. The molecule has 1 nitrogen and oxygen atoms in total. The average Bonchev–Trinajstić information content (AvgIpc) is 3.75. The van der Waals surface area contributed by atoms with Gasteiger partial charge in [0.05, 0.1) is 0 Å². The lowest BCUT2D eigenvalue weighted by atomic mass is 9.90. The Morgan fingerprint density at radius 2 is 0.676 bits per heavy atom. The van der Waals surface area contributed by atoms with Crippen molar-refractivity contribution in [1.82, 2.24) is 0 Å². The maximum Gasteiger partial charge on any atom is 0.0431 e. The lowest BCUT2D eigenvalue weighted by molar-refractivity contribution is 0.282. The van der Waals surface area contributed by atoms with Crippen LogP contribution >= 0.6 is 0 Å². The van der Waals surface area contributed by atoms with E-state index in [9.17, 15) is 0 Å². The molecule has 1 atom stereocenters. The fourth-order valence-corrected chi connectivity index (χ4v) is 6.42. The smallest absolute Gasteiger partial charge is 0.0431 e. The Morgan fingerprint density at radius 1 is 0.405 bits per heavy atom. The van der Waals surface area contributed by atoms with Crippen LogP contribution in [0.4, 0.5) is 0 Å². The highest BCUT2D eigenvalue weighted by Gasteiger charge is 2.29. The van der Waals surface area contributed by atoms with Crippen molar-refractivity contribution in [3.05, 3.63) is 0 Å². The van der Waals surface area contributed by atoms with E-state index >= 15 is 0 Å². The Morgan fingerprint density at radius 3 is 0.946 bits per heavy atom. The molecule has 0 aliphatic heterocycles. The monoisotopic (exact) mass is 521 g/mol. The molecule has 0 aromatic carbocycles. The van der Waals surface area contributed by atoms with E-state index in [-0.39, 0.29) is 0 Å². The van der Waals surface area contributed by atoms with E-state index in [1.54, 1.807) is 25.7 Å². The van der Waals surface area contributed by atoms with Crippen LogP contribution in [0.25, 0.3) is 0 Å². The molecule has 0 aromatic heterocycles. The zero-order chi connectivity index (χ0) is 26.5. The Bertz CT molecular complexity index is 415. The normalized spacial score (nSPS) is 14.4. The average molecular weight is 521 g/mol. The van der Waals surface area contributed by atoms with Crippen molar-refractivity contribution in [2.75, 3.05) is 6.61 Å². The van der Waals surface area contributed by atoms with Crippen LogP contribution in [0.2, 0.25) is 0 Å². The first-order valence-electron chi connectivity index (χ1n) is 18.0. The molecule has 0 heterocycles. The molecule has 0 amide bonds. The quantitative estimate of drug-likeness (QED) is 0.0874. The van der Waals surface area contributed by atoms with Crippen LogP contribution < -0.4 is 0 Å². The summed E-state index contributed by atoms with van der Waals surface area (Å²) in [6.07, 6.45) is 46.5. The molecule has 0 radical (unpaired) electrons. The highest BCUT2D eigenvalue weighted by atomic mass is 16.2. The molecule has 1 unspecified atom stereocenters. The van der Waals surface area contributed by atoms with E-state index in [4.69, 9.17) is 5.11 Å². The summed E-state index contributed by atoms with van der Waals surface area (Å²) in [5, 5.41) is 8.81. The summed E-state index contributed by atoms with van der Waals surface area (Å²) in [6, 6.07) is 0. The minimum Gasteiger partial charge on any atom is -0.396 e. The number of unbranched alkanes of at least 4 members (excludes halogenated alkanes) is 26. The predicted octanol–water partition coefficient (Wildman–Crippen LogP) is 12.7. The van der Waals surface area contributed by atoms with Gasteiger partial charge in [0.2, 0.25) is 0 Å². The van der Waals surface area contributed by atoms with E-state index in [0.29, 0.717) is 6.61 Å². The second-order valence-electron chi connectivity index (χ2n) is 12.9. The van der Waals surface area contributed by atoms with Crippen molar-refractivity contribution in [2.24, 2.45) is 11.8 Å². The molecule has 1 aliphatic rings. The van der Waals surface area contributed by atoms with Gasteiger partial charge in [0.1, 0.15) is 0 Å². The fourth-order valence-electron chi connectivity index (χ4n) is 6.42. The number of hydrogen-bond donors (Lipinski definition) is 1. The molecule has 0 bridgehead atoms. The summed E-state index contributed by atoms with van der Waals surface area (Å²) < 4.78 is 0. The predicted molar refractivity (Wildman–Crippen MR) is 167 cm³/mol. The van der Waals surface area contributed by atoms with Crippen LogP contribution in [-0.2, 0) is 0 Å². The summed E-state index contributed by atoms with van der Waals surface area (Å²) in [6.45, 7) is 2.69. The fraction of sp³-hybridized carbons (Fsp3) is 1.00. The van der Waals surface area contributed by atoms with Crippen molar-refractivity contribution in [3.63, 3.8) is 0 Å². The molecule has 37 heavy (non-hydrogen) atoms. The Kier molecular flexibility index (Phi) is 27.4. The summed E-state index contributed by atoms with van der Waals surface area (Å²) >= 11 is 0. The van der Waals surface area contributed by atoms with Crippen molar-refractivity contribution >= 4 is 0 Å². The number of hydrogen-bond acceptors (Lipinski definition) is 1. The lowest BCUT2D eigenvalue weighted by Gasteiger charge is -2.16. The van der Waals surface area contributed by atoms with E-state index in [0.717, 1.165) is 18.3 Å². The summed E-state index contributed by atoms with van der Waals surface area (Å²) in [5.74, 6) is 2.21. The standard InChI is InChI=1S/C36H72O/c1-2-3-4-5-6-7-8-9-12-15-18-21-24-27-30-35(36-32-33-36)31-28-25-22-19-16-13-10-11-14-17-20-23-26-29-34-37/h35-37H,2-34H2,1H3. The van der Waals surface area contributed by atoms with E-state index in [1.807, 2.05) is 0 Å². The first kappa shape index (κ1) is 35.0. The Labute approximate surface area is 235 Å². The van der Waals surface area contributed by atoms with Gasteiger partial charge in [-0.25, -0.2) is 0 Å². The van der Waals surface area contributed by atoms with Crippen molar-refractivity contribution in [1.29, 1.82) is 0 Å². The molecule has 1 N–H and O–H groups in total. The van der Waals surface area contributed by atoms with Crippen molar-refractivity contribution in [3.8, 4) is 0 Å². The number of aliphatic hydroxyl groups is 1. The van der Waals surface area contributed by atoms with E-state index in [1.165, 1.54) is 173 Å². The van der Waals surface area contributed by atoms with Crippen LogP contribution in [0.1, 0.15) is 212 Å². The van der Waals surface area contributed by atoms with E-state index < -0.39 is 0 Å². The van der Waals surface area contributed by atoms with Gasteiger partial charge in [-0.05, 0) is 31.1 Å². The molecule has 0 saturated heterocycles. The minimum atomic E-state index is 0.376. The topological polar surface area (TPSA) is 20.2 Å². The molecule has 0 aromatic rings. The van der Waals surface area contributed by atoms with Gasteiger partial charge in [0, 0.05) is 6.61 Å². The number of aliphatic hydroxyl groups excluding tert-OH is 1. The highest BCUT2D eigenvalue weighted by molar-refractivity contribution is 4.81. The maximum atomic E-state index is 8.81. The van der Waals surface area contributed by atoms with Crippen LogP contribution in [-0.4, -0.2) is 11.7 Å². The lowest BCUT2D eigenvalue weighted by Crippen LogP contribution is -2.03. The van der Waals surface area contributed by atoms with Crippen molar-refractivity contribution in [2.45, 2.75) is 212 Å². The molecular formula is C36H72O. The van der Waals surface area contributed by atoms with Gasteiger partial charge >= 0.3 is 0 Å². The van der Waals surface area contributed by atoms with Crippen LogP contribution in [0.3, 0.4) is 0 Å². The molecule has 1 rings (SSSR count). The highest BCUT2D eigenvalue weighted by Crippen LogP contribution is 2.42. The molecule has 0 spiro atoms. The van der Waals surface area contributed by atoms with E-state index in [2.05, 4.69) is 6.92 Å². The van der Waals surface area contributed by atoms with Gasteiger partial charge in [-0.15, -0.1) is 0 Å². The van der Waals surface area contributed by atoms with Gasteiger partial charge in [-0.1, -0.05) is 193 Å². The molecule has 222 valence electrons. The zero-order valence-corrected chi connectivity index (χ0v) is 25.9. The summed E-state index contributed by atoms with van der Waals surface area (Å²) in [7, 11) is 0. The second kappa shape index (κ2) is 29.0. The molecular weight excluding hydrogens is 448 g/mol. The third kappa shape index (κ3) is 26.0. The van der Waals surface area contributed by atoms with Gasteiger partial charge in [0.15, 0.2) is 0 Å². The largest absolute Gasteiger partial charge is 0.396 e. The van der Waals surface area contributed by atoms with Crippen LogP contribution in [0.15, 0.2) is 0 Å². The first-order valence-corrected chi connectivity index (χ1v) is 18.0. The molecule has 1 aliphatic carbocycles. The zero-order valence-electron chi connectivity index (χ0n) is 25.9. The molecule has 1 saturated carbocycles. The Balaban J connectivity index is 1.79.